The van der Waals surface area contributed by atoms with Gasteiger partial charge in [-0.25, -0.2) is 19.2 Å². The Kier molecular flexibility index (Phi) is 5.57. The zero-order valence-electron chi connectivity index (χ0n) is 13.4. The molecule has 0 radical (unpaired) electrons. The molecule has 0 saturated heterocycles. The number of aliphatic carboxylic acids is 1. The molecular formula is C17H18FN3O3. The molecule has 0 bridgehead atoms. The smallest absolute Gasteiger partial charge is 0.326 e. The van der Waals surface area contributed by atoms with Crippen LogP contribution in [0.25, 0.3) is 11.1 Å². The van der Waals surface area contributed by atoms with Crippen LogP contribution in [0.1, 0.15) is 30.6 Å². The van der Waals surface area contributed by atoms with Crippen molar-refractivity contribution in [1.82, 2.24) is 15.3 Å². The molecule has 0 spiro atoms. The largest absolute Gasteiger partial charge is 0.480 e. The third-order valence-corrected chi connectivity index (χ3v) is 3.87. The van der Waals surface area contributed by atoms with Crippen LogP contribution < -0.4 is 5.32 Å². The van der Waals surface area contributed by atoms with Gasteiger partial charge in [0.05, 0.1) is 5.56 Å². The maximum atomic E-state index is 14.3. The number of hydrogen-bond donors (Lipinski definition) is 2. The molecule has 0 aliphatic heterocycles. The van der Waals surface area contributed by atoms with Gasteiger partial charge in [-0.2, -0.15) is 0 Å². The summed E-state index contributed by atoms with van der Waals surface area (Å²) in [7, 11) is 0. The molecular weight excluding hydrogens is 313 g/mol. The van der Waals surface area contributed by atoms with Gasteiger partial charge >= 0.3 is 5.97 Å². The number of carbonyl (C=O) groups is 2. The van der Waals surface area contributed by atoms with E-state index in [2.05, 4.69) is 15.3 Å². The predicted molar refractivity (Wildman–Crippen MR) is 85.8 cm³/mol. The lowest BCUT2D eigenvalue weighted by Gasteiger charge is -2.20. The van der Waals surface area contributed by atoms with Gasteiger partial charge in [-0.15, -0.1) is 0 Å². The summed E-state index contributed by atoms with van der Waals surface area (Å²) < 4.78 is 14.3. The molecule has 24 heavy (non-hydrogen) atoms. The summed E-state index contributed by atoms with van der Waals surface area (Å²) in [5.74, 6) is -2.90. The van der Waals surface area contributed by atoms with Gasteiger partial charge in [0.1, 0.15) is 18.2 Å². The number of carbonyl (C=O) groups excluding carboxylic acids is 1. The van der Waals surface area contributed by atoms with E-state index in [4.69, 9.17) is 0 Å². The normalized spacial score (nSPS) is 13.1. The maximum absolute atomic E-state index is 14.3. The average molecular weight is 331 g/mol. The Morgan fingerprint density at radius 1 is 1.25 bits per heavy atom. The second kappa shape index (κ2) is 7.63. The Hall–Kier alpha value is -2.83. The van der Waals surface area contributed by atoms with Gasteiger partial charge in [-0.3, -0.25) is 4.79 Å². The van der Waals surface area contributed by atoms with Gasteiger partial charge in [0.2, 0.25) is 0 Å². The first-order chi connectivity index (χ1) is 11.4. The van der Waals surface area contributed by atoms with Crippen molar-refractivity contribution in [3.63, 3.8) is 0 Å². The van der Waals surface area contributed by atoms with Crippen LogP contribution in [0.5, 0.6) is 0 Å². The highest BCUT2D eigenvalue weighted by atomic mass is 19.1. The standard InChI is InChI=1S/C17H18FN3O3/c1-3-10(2)15(17(23)24)21-16(22)13-5-4-11(6-14(13)18)12-7-19-9-20-8-12/h4-10,15H,3H2,1-2H3,(H,21,22)(H,23,24)/t10-,15-/m0/s1. The number of nitrogens with one attached hydrogen (secondary N) is 1. The number of aromatic nitrogens is 2. The molecule has 1 heterocycles. The number of amides is 1. The highest BCUT2D eigenvalue weighted by molar-refractivity contribution is 5.97. The van der Waals surface area contributed by atoms with Crippen LogP contribution in [0, 0.1) is 11.7 Å². The Balaban J connectivity index is 2.23. The molecule has 0 unspecified atom stereocenters. The number of rotatable bonds is 6. The summed E-state index contributed by atoms with van der Waals surface area (Å²) in [6, 6.07) is 3.02. The van der Waals surface area contributed by atoms with Gasteiger partial charge in [0, 0.05) is 18.0 Å². The minimum atomic E-state index is -1.14. The molecule has 1 aromatic heterocycles. The van der Waals surface area contributed by atoms with Crippen LogP contribution >= 0.6 is 0 Å². The van der Waals surface area contributed by atoms with E-state index >= 15 is 0 Å². The topological polar surface area (TPSA) is 92.2 Å². The van der Waals surface area contributed by atoms with Crippen LogP contribution in [-0.4, -0.2) is 33.0 Å². The van der Waals surface area contributed by atoms with Crippen LogP contribution in [0.3, 0.4) is 0 Å². The maximum Gasteiger partial charge on any atom is 0.326 e. The monoisotopic (exact) mass is 331 g/mol. The van der Waals surface area contributed by atoms with Gasteiger partial charge in [0.25, 0.3) is 5.91 Å². The van der Waals surface area contributed by atoms with Crippen LogP contribution in [0.15, 0.2) is 36.9 Å². The van der Waals surface area contributed by atoms with E-state index in [1.807, 2.05) is 6.92 Å². The number of carboxylic acid groups (broad SMARTS) is 1. The molecule has 126 valence electrons. The van der Waals surface area contributed by atoms with Crippen LogP contribution in [0.2, 0.25) is 0 Å². The fourth-order valence-corrected chi connectivity index (χ4v) is 2.23. The first-order valence-corrected chi connectivity index (χ1v) is 7.52. The zero-order chi connectivity index (χ0) is 17.7. The Morgan fingerprint density at radius 3 is 2.46 bits per heavy atom. The quantitative estimate of drug-likeness (QED) is 0.848. The predicted octanol–water partition coefficient (Wildman–Crippen LogP) is 2.51. The molecule has 2 rings (SSSR count). The summed E-state index contributed by atoms with van der Waals surface area (Å²) in [5.41, 5.74) is 0.942. The van der Waals surface area contributed by atoms with Crippen LogP contribution in [0.4, 0.5) is 4.39 Å². The number of nitrogens with zero attached hydrogens (tertiary/aromatic N) is 2. The van der Waals surface area contributed by atoms with Crippen molar-refractivity contribution in [2.45, 2.75) is 26.3 Å². The fourth-order valence-electron chi connectivity index (χ4n) is 2.23. The summed E-state index contributed by atoms with van der Waals surface area (Å²) in [6.07, 6.45) is 5.01. The van der Waals surface area contributed by atoms with Gasteiger partial charge in [-0.05, 0) is 23.6 Å². The molecule has 0 aliphatic carbocycles. The number of halogens is 1. The molecule has 0 fully saturated rings. The molecule has 0 saturated carbocycles. The van der Waals surface area contributed by atoms with Crippen molar-refractivity contribution in [3.05, 3.63) is 48.3 Å². The lowest BCUT2D eigenvalue weighted by Crippen LogP contribution is -2.45. The van der Waals surface area contributed by atoms with Crippen molar-refractivity contribution < 1.29 is 19.1 Å². The minimum Gasteiger partial charge on any atom is -0.480 e. The van der Waals surface area contributed by atoms with Crippen molar-refractivity contribution >= 4 is 11.9 Å². The van der Waals surface area contributed by atoms with Crippen molar-refractivity contribution in [1.29, 1.82) is 0 Å². The van der Waals surface area contributed by atoms with Crippen molar-refractivity contribution in [3.8, 4) is 11.1 Å². The van der Waals surface area contributed by atoms with E-state index in [0.717, 1.165) is 0 Å². The molecule has 6 nitrogen and oxygen atoms in total. The van der Waals surface area contributed by atoms with Gasteiger partial charge in [0.15, 0.2) is 0 Å². The highest BCUT2D eigenvalue weighted by Gasteiger charge is 2.26. The number of benzene rings is 1. The van der Waals surface area contributed by atoms with Gasteiger partial charge < -0.3 is 10.4 Å². The molecule has 2 atom stereocenters. The number of carboxylic acids is 1. The van der Waals surface area contributed by atoms with Gasteiger partial charge in [-0.1, -0.05) is 26.3 Å². The minimum absolute atomic E-state index is 0.204. The second-order valence-corrected chi connectivity index (χ2v) is 5.50. The molecule has 2 N–H and O–H groups in total. The van der Waals surface area contributed by atoms with E-state index in [1.165, 1.54) is 30.9 Å². The first-order valence-electron chi connectivity index (χ1n) is 7.52. The Labute approximate surface area is 138 Å². The van der Waals surface area contributed by atoms with Crippen molar-refractivity contribution in [2.24, 2.45) is 5.92 Å². The molecule has 2 aromatic rings. The van der Waals surface area contributed by atoms with E-state index in [9.17, 15) is 19.1 Å². The molecule has 0 aliphatic rings. The Bertz CT molecular complexity index is 737. The van der Waals surface area contributed by atoms with Crippen LogP contribution in [-0.2, 0) is 4.79 Å². The zero-order valence-corrected chi connectivity index (χ0v) is 13.4. The van der Waals surface area contributed by atoms with E-state index in [1.54, 1.807) is 13.0 Å². The second-order valence-electron chi connectivity index (χ2n) is 5.50. The third-order valence-electron chi connectivity index (χ3n) is 3.87. The first kappa shape index (κ1) is 17.5. The summed E-state index contributed by atoms with van der Waals surface area (Å²) in [4.78, 5) is 31.2. The summed E-state index contributed by atoms with van der Waals surface area (Å²) in [5, 5.41) is 11.6. The lowest BCUT2D eigenvalue weighted by atomic mass is 9.98. The van der Waals surface area contributed by atoms with E-state index in [0.29, 0.717) is 17.5 Å². The SMILES string of the molecule is CC[C@H](C)[C@H](NC(=O)c1ccc(-c2cncnc2)cc1F)C(=O)O. The lowest BCUT2D eigenvalue weighted by molar-refractivity contribution is -0.140. The number of hydrogen-bond acceptors (Lipinski definition) is 4. The molecule has 7 heteroatoms. The fraction of sp³-hybridized carbons (Fsp3) is 0.294. The average Bonchev–Trinajstić information content (AvgIpc) is 2.59. The van der Waals surface area contributed by atoms with Crippen molar-refractivity contribution in [2.75, 3.05) is 0 Å². The van der Waals surface area contributed by atoms with E-state index in [-0.39, 0.29) is 11.5 Å². The molecule has 1 amide bonds. The Morgan fingerprint density at radius 2 is 1.92 bits per heavy atom. The summed E-state index contributed by atoms with van der Waals surface area (Å²) >= 11 is 0. The summed E-state index contributed by atoms with van der Waals surface area (Å²) in [6.45, 7) is 3.54. The van der Waals surface area contributed by atoms with E-state index < -0.39 is 23.7 Å². The highest BCUT2D eigenvalue weighted by Crippen LogP contribution is 2.21. The molecule has 1 aromatic carbocycles. The third kappa shape index (κ3) is 3.92.